The number of rotatable bonds is 27. The molecule has 0 fully saturated rings. The molecule has 0 unspecified atom stereocenters. The molecule has 19 nitrogen and oxygen atoms in total. The SMILES string of the molecule is CC(C)C[C@H](NC(=O)[C@@H](CC(C)C)NC(=O)[C@H](CC(=O)O)NC(=O)[C@@H](NC(=O)[C@@H](CC(C)C)NC(=O)[C@H](CC(C)C)NC(=O)[C@@H](N)CCC(=O)O)C(C)C)C(=O)O. The van der Waals surface area contributed by atoms with E-state index in [0.717, 1.165) is 0 Å². The Labute approximate surface area is 335 Å². The molecule has 0 aromatic heterocycles. The van der Waals surface area contributed by atoms with Gasteiger partial charge in [0.1, 0.15) is 36.3 Å². The Morgan fingerprint density at radius 2 is 0.772 bits per heavy atom. The number of nitrogens with one attached hydrogen (secondary N) is 6. The summed E-state index contributed by atoms with van der Waals surface area (Å²) in [6.07, 6.45) is -0.983. The van der Waals surface area contributed by atoms with Gasteiger partial charge < -0.3 is 53.0 Å². The fourth-order valence-corrected chi connectivity index (χ4v) is 5.74. The van der Waals surface area contributed by atoms with E-state index in [1.807, 2.05) is 0 Å². The second-order valence-corrected chi connectivity index (χ2v) is 16.5. The number of carboxylic acids is 3. The van der Waals surface area contributed by atoms with Gasteiger partial charge in [0.05, 0.1) is 12.5 Å². The monoisotopic (exact) mass is 813 g/mol. The summed E-state index contributed by atoms with van der Waals surface area (Å²) in [5.74, 6) is -9.97. The molecule has 326 valence electrons. The van der Waals surface area contributed by atoms with Gasteiger partial charge in [-0.15, -0.1) is 0 Å². The van der Waals surface area contributed by atoms with Gasteiger partial charge in [0.2, 0.25) is 35.4 Å². The Bertz CT molecular complexity index is 1400. The number of carbonyl (C=O) groups excluding carboxylic acids is 6. The Morgan fingerprint density at radius 3 is 1.12 bits per heavy atom. The van der Waals surface area contributed by atoms with Crippen LogP contribution in [0.1, 0.15) is 114 Å². The fourth-order valence-electron chi connectivity index (χ4n) is 5.74. The molecular formula is C38H67N7O12. The molecule has 0 rings (SSSR count). The quantitative estimate of drug-likeness (QED) is 0.0541. The van der Waals surface area contributed by atoms with Gasteiger partial charge in [0, 0.05) is 6.42 Å². The second-order valence-electron chi connectivity index (χ2n) is 16.5. The highest BCUT2D eigenvalue weighted by Crippen LogP contribution is 2.13. The first-order valence-electron chi connectivity index (χ1n) is 19.5. The van der Waals surface area contributed by atoms with Crippen LogP contribution in [0.5, 0.6) is 0 Å². The van der Waals surface area contributed by atoms with Gasteiger partial charge in [-0.05, 0) is 61.7 Å². The predicted molar refractivity (Wildman–Crippen MR) is 209 cm³/mol. The maximum atomic E-state index is 13.8. The minimum Gasteiger partial charge on any atom is -0.481 e. The summed E-state index contributed by atoms with van der Waals surface area (Å²) in [5.41, 5.74) is 5.84. The number of hydrogen-bond donors (Lipinski definition) is 10. The maximum absolute atomic E-state index is 13.8. The summed E-state index contributed by atoms with van der Waals surface area (Å²) in [6, 6.07) is -9.12. The van der Waals surface area contributed by atoms with E-state index >= 15 is 0 Å². The van der Waals surface area contributed by atoms with Crippen LogP contribution in [-0.4, -0.2) is 111 Å². The lowest BCUT2D eigenvalue weighted by molar-refractivity contribution is -0.143. The van der Waals surface area contributed by atoms with E-state index in [9.17, 15) is 53.4 Å². The van der Waals surface area contributed by atoms with Gasteiger partial charge in [-0.2, -0.15) is 0 Å². The number of hydrogen-bond acceptors (Lipinski definition) is 10. The van der Waals surface area contributed by atoms with Gasteiger partial charge in [-0.3, -0.25) is 38.4 Å². The van der Waals surface area contributed by atoms with E-state index < -0.39 is 108 Å². The van der Waals surface area contributed by atoms with Crippen molar-refractivity contribution >= 4 is 53.4 Å². The van der Waals surface area contributed by atoms with Crippen molar-refractivity contribution in [3.05, 3.63) is 0 Å². The maximum Gasteiger partial charge on any atom is 0.326 e. The number of carboxylic acid groups (broad SMARTS) is 3. The highest BCUT2D eigenvalue weighted by atomic mass is 16.4. The largest absolute Gasteiger partial charge is 0.481 e. The van der Waals surface area contributed by atoms with Crippen molar-refractivity contribution < 1.29 is 58.5 Å². The number of carbonyl (C=O) groups is 9. The van der Waals surface area contributed by atoms with Gasteiger partial charge in [-0.1, -0.05) is 69.2 Å². The summed E-state index contributed by atoms with van der Waals surface area (Å²) in [6.45, 7) is 17.5. The van der Waals surface area contributed by atoms with Crippen molar-refractivity contribution in [2.45, 2.75) is 156 Å². The summed E-state index contributed by atoms with van der Waals surface area (Å²) in [5, 5.41) is 43.2. The topological polar surface area (TPSA) is 313 Å². The van der Waals surface area contributed by atoms with E-state index in [0.29, 0.717) is 0 Å². The number of amides is 6. The molecule has 19 heteroatoms. The van der Waals surface area contributed by atoms with Crippen molar-refractivity contribution in [2.24, 2.45) is 35.3 Å². The lowest BCUT2D eigenvalue weighted by Crippen LogP contribution is -2.61. The molecule has 0 radical (unpaired) electrons. The van der Waals surface area contributed by atoms with Gasteiger partial charge in [-0.25, -0.2) is 4.79 Å². The summed E-state index contributed by atoms with van der Waals surface area (Å²) in [4.78, 5) is 115. The molecule has 0 heterocycles. The highest BCUT2D eigenvalue weighted by Gasteiger charge is 2.36. The van der Waals surface area contributed by atoms with Gasteiger partial charge in [0.15, 0.2) is 0 Å². The van der Waals surface area contributed by atoms with Crippen LogP contribution < -0.4 is 37.6 Å². The minimum atomic E-state index is -1.71. The zero-order chi connectivity index (χ0) is 44.3. The molecule has 0 aliphatic rings. The average molecular weight is 814 g/mol. The van der Waals surface area contributed by atoms with Gasteiger partial charge in [0.25, 0.3) is 0 Å². The first-order chi connectivity index (χ1) is 26.2. The molecule has 0 aliphatic carbocycles. The van der Waals surface area contributed by atoms with Crippen molar-refractivity contribution in [1.82, 2.24) is 31.9 Å². The van der Waals surface area contributed by atoms with Crippen LogP contribution in [0.25, 0.3) is 0 Å². The minimum absolute atomic E-state index is 0.0617. The van der Waals surface area contributed by atoms with Crippen LogP contribution in [-0.2, 0) is 43.2 Å². The molecule has 0 spiro atoms. The molecule has 57 heavy (non-hydrogen) atoms. The zero-order valence-corrected chi connectivity index (χ0v) is 35.0. The molecule has 0 saturated heterocycles. The Balaban J connectivity index is 6.26. The Hall–Kier alpha value is -4.81. The van der Waals surface area contributed by atoms with Crippen LogP contribution in [0.2, 0.25) is 0 Å². The lowest BCUT2D eigenvalue weighted by Gasteiger charge is -2.29. The first kappa shape index (κ1) is 52.2. The Morgan fingerprint density at radius 1 is 0.439 bits per heavy atom. The molecule has 6 amide bonds. The third-order valence-electron chi connectivity index (χ3n) is 8.61. The van der Waals surface area contributed by atoms with Crippen LogP contribution in [0.4, 0.5) is 0 Å². The van der Waals surface area contributed by atoms with E-state index in [-0.39, 0.29) is 62.2 Å². The number of aliphatic carboxylic acids is 3. The standard InChI is InChI=1S/C38H67N7O12/c1-18(2)13-24(40-32(50)23(39)11-12-29(46)47)33(51)42-26(15-20(5)6)36(54)45-31(22(9)10)37(55)43-27(17-30(48)49)35(53)41-25(14-19(3)4)34(52)44-28(38(56)57)16-21(7)8/h18-28,31H,11-17,39H2,1-10H3,(H,40,50)(H,41,53)(H,42,51)(H,43,55)(H,44,52)(H,45,54)(H,46,47)(H,48,49)(H,56,57)/t23-,24-,25+,26+,27-,28-,31-/m0/s1. The molecule has 0 saturated carbocycles. The van der Waals surface area contributed by atoms with Crippen molar-refractivity contribution in [3.8, 4) is 0 Å². The van der Waals surface area contributed by atoms with Gasteiger partial charge >= 0.3 is 17.9 Å². The van der Waals surface area contributed by atoms with Crippen LogP contribution in [0, 0.1) is 29.6 Å². The average Bonchev–Trinajstić information content (AvgIpc) is 3.06. The molecule has 0 aromatic rings. The Kier molecular flexibility index (Phi) is 23.3. The number of nitrogens with two attached hydrogens (primary N) is 1. The molecule has 0 aromatic carbocycles. The third kappa shape index (κ3) is 21.3. The first-order valence-corrected chi connectivity index (χ1v) is 19.5. The molecule has 0 bridgehead atoms. The molecule has 0 aliphatic heterocycles. The van der Waals surface area contributed by atoms with E-state index in [2.05, 4.69) is 31.9 Å². The smallest absolute Gasteiger partial charge is 0.326 e. The normalized spacial score (nSPS) is 15.2. The predicted octanol–water partition coefficient (Wildman–Crippen LogP) is 0.487. The lowest BCUT2D eigenvalue weighted by atomic mass is 9.98. The highest BCUT2D eigenvalue weighted by molar-refractivity contribution is 5.98. The van der Waals surface area contributed by atoms with E-state index in [1.165, 1.54) is 0 Å². The molecular weight excluding hydrogens is 746 g/mol. The molecule has 7 atom stereocenters. The van der Waals surface area contributed by atoms with E-state index in [1.54, 1.807) is 69.2 Å². The molecule has 11 N–H and O–H groups in total. The third-order valence-corrected chi connectivity index (χ3v) is 8.61. The van der Waals surface area contributed by atoms with Crippen LogP contribution in [0.15, 0.2) is 0 Å². The van der Waals surface area contributed by atoms with Crippen molar-refractivity contribution in [1.29, 1.82) is 0 Å². The van der Waals surface area contributed by atoms with E-state index in [4.69, 9.17) is 10.8 Å². The van der Waals surface area contributed by atoms with Crippen molar-refractivity contribution in [3.63, 3.8) is 0 Å². The summed E-state index contributed by atoms with van der Waals surface area (Å²) in [7, 11) is 0. The summed E-state index contributed by atoms with van der Waals surface area (Å²) < 4.78 is 0. The van der Waals surface area contributed by atoms with Crippen LogP contribution in [0.3, 0.4) is 0 Å². The summed E-state index contributed by atoms with van der Waals surface area (Å²) >= 11 is 0. The second kappa shape index (κ2) is 25.4. The van der Waals surface area contributed by atoms with Crippen LogP contribution >= 0.6 is 0 Å². The van der Waals surface area contributed by atoms with Crippen molar-refractivity contribution in [2.75, 3.05) is 0 Å². The zero-order valence-electron chi connectivity index (χ0n) is 35.0. The fraction of sp³-hybridized carbons (Fsp3) is 0.763.